The molecule has 2 N–H and O–H groups in total. The minimum absolute atomic E-state index is 0.175. The van der Waals surface area contributed by atoms with Crippen LogP contribution in [0, 0.1) is 10.1 Å². The lowest BCUT2D eigenvalue weighted by molar-refractivity contribution is -0.386. The van der Waals surface area contributed by atoms with E-state index in [0.29, 0.717) is 15.8 Å². The van der Waals surface area contributed by atoms with Gasteiger partial charge in [0.25, 0.3) is 0 Å². The third-order valence-electron chi connectivity index (χ3n) is 2.75. The number of aromatic nitrogens is 2. The Labute approximate surface area is 131 Å². The van der Waals surface area contributed by atoms with Gasteiger partial charge >= 0.3 is 16.9 Å². The predicted octanol–water partition coefficient (Wildman–Crippen LogP) is 1.91. The van der Waals surface area contributed by atoms with Crippen LogP contribution in [-0.2, 0) is 0 Å². The van der Waals surface area contributed by atoms with Crippen molar-refractivity contribution in [1.29, 1.82) is 0 Å². The van der Waals surface area contributed by atoms with Crippen LogP contribution in [0.5, 0.6) is 5.75 Å². The van der Waals surface area contributed by atoms with Crippen LogP contribution in [0.15, 0.2) is 32.3 Å². The van der Waals surface area contributed by atoms with Gasteiger partial charge in [0.15, 0.2) is 0 Å². The molecule has 1 aromatic heterocycles. The Morgan fingerprint density at radius 2 is 2.00 bits per heavy atom. The molecule has 2 aromatic rings. The van der Waals surface area contributed by atoms with Gasteiger partial charge in [-0.15, -0.1) is 0 Å². The number of rotatable bonds is 4. The molecular formula is C13H10BrN3O5. The number of aromatic amines is 2. The predicted molar refractivity (Wildman–Crippen MR) is 84.0 cm³/mol. The molecule has 0 radical (unpaired) electrons. The Kier molecular flexibility index (Phi) is 4.56. The maximum absolute atomic E-state index is 11.5. The first-order valence-electron chi connectivity index (χ1n) is 5.95. The Morgan fingerprint density at radius 1 is 1.27 bits per heavy atom. The summed E-state index contributed by atoms with van der Waals surface area (Å²) in [5, 5.41) is 10.9. The normalized spacial score (nSPS) is 10.8. The average molecular weight is 368 g/mol. The first-order valence-corrected chi connectivity index (χ1v) is 6.74. The van der Waals surface area contributed by atoms with E-state index in [9.17, 15) is 19.7 Å². The zero-order chi connectivity index (χ0) is 16.3. The number of nitrogens with one attached hydrogen (secondary N) is 2. The van der Waals surface area contributed by atoms with E-state index in [1.165, 1.54) is 19.3 Å². The molecule has 1 aromatic carbocycles. The molecule has 0 unspecified atom stereocenters. The molecule has 0 atom stereocenters. The number of ether oxygens (including phenoxy) is 1. The summed E-state index contributed by atoms with van der Waals surface area (Å²) < 4.78 is 5.79. The second kappa shape index (κ2) is 6.39. The fourth-order valence-electron chi connectivity index (χ4n) is 1.77. The van der Waals surface area contributed by atoms with Crippen molar-refractivity contribution in [1.82, 2.24) is 9.97 Å². The highest BCUT2D eigenvalue weighted by Crippen LogP contribution is 2.26. The van der Waals surface area contributed by atoms with Gasteiger partial charge in [0.1, 0.15) is 11.4 Å². The van der Waals surface area contributed by atoms with E-state index < -0.39 is 21.9 Å². The van der Waals surface area contributed by atoms with E-state index in [1.807, 2.05) is 4.98 Å². The Balaban J connectivity index is 2.46. The summed E-state index contributed by atoms with van der Waals surface area (Å²) >= 11 is 3.31. The quantitative estimate of drug-likeness (QED) is 0.631. The summed E-state index contributed by atoms with van der Waals surface area (Å²) in [7, 11) is 1.53. The fraction of sp³-hybridized carbons (Fsp3) is 0.0769. The van der Waals surface area contributed by atoms with Crippen molar-refractivity contribution in [2.75, 3.05) is 7.11 Å². The molecule has 0 amide bonds. The molecule has 2 rings (SSSR count). The fourth-order valence-corrected chi connectivity index (χ4v) is 2.32. The van der Waals surface area contributed by atoms with Crippen molar-refractivity contribution in [3.8, 4) is 5.75 Å². The summed E-state index contributed by atoms with van der Waals surface area (Å²) in [5.41, 5.74) is -2.06. The third-order valence-corrected chi connectivity index (χ3v) is 3.37. The van der Waals surface area contributed by atoms with Crippen LogP contribution in [0.3, 0.4) is 0 Å². The second-order valence-electron chi connectivity index (χ2n) is 4.15. The lowest BCUT2D eigenvalue weighted by atomic mass is 10.2. The van der Waals surface area contributed by atoms with Crippen molar-refractivity contribution in [3.05, 3.63) is 64.9 Å². The molecule has 0 saturated carbocycles. The smallest absolute Gasteiger partial charge is 0.357 e. The molecule has 0 fully saturated rings. The number of methoxy groups -OCH3 is 1. The summed E-state index contributed by atoms with van der Waals surface area (Å²) in [4.78, 5) is 36.8. The van der Waals surface area contributed by atoms with Crippen LogP contribution < -0.4 is 16.0 Å². The van der Waals surface area contributed by atoms with Crippen molar-refractivity contribution in [2.45, 2.75) is 0 Å². The molecular weight excluding hydrogens is 358 g/mol. The van der Waals surface area contributed by atoms with Gasteiger partial charge in [-0.25, -0.2) is 4.79 Å². The maximum Gasteiger partial charge on any atom is 0.357 e. The number of hydrogen-bond acceptors (Lipinski definition) is 5. The van der Waals surface area contributed by atoms with Crippen LogP contribution >= 0.6 is 15.9 Å². The molecule has 0 saturated heterocycles. The molecule has 0 spiro atoms. The number of benzene rings is 1. The minimum atomic E-state index is -1.05. The Hall–Kier alpha value is -2.68. The van der Waals surface area contributed by atoms with Gasteiger partial charge in [0.2, 0.25) is 0 Å². The topological polar surface area (TPSA) is 118 Å². The molecule has 0 bridgehead atoms. The highest BCUT2D eigenvalue weighted by molar-refractivity contribution is 9.10. The number of H-pyrrole nitrogens is 2. The van der Waals surface area contributed by atoms with Gasteiger partial charge in [-0.1, -0.05) is 12.1 Å². The molecule has 22 heavy (non-hydrogen) atoms. The Bertz CT molecular complexity index is 869. The molecule has 1 heterocycles. The van der Waals surface area contributed by atoms with Crippen molar-refractivity contribution in [2.24, 2.45) is 0 Å². The number of halogens is 1. The van der Waals surface area contributed by atoms with Crippen molar-refractivity contribution < 1.29 is 9.66 Å². The van der Waals surface area contributed by atoms with Crippen LogP contribution in [0.1, 0.15) is 11.3 Å². The van der Waals surface area contributed by atoms with Gasteiger partial charge in [0, 0.05) is 0 Å². The molecule has 8 nitrogen and oxygen atoms in total. The zero-order valence-corrected chi connectivity index (χ0v) is 12.8. The van der Waals surface area contributed by atoms with E-state index in [4.69, 9.17) is 4.74 Å². The van der Waals surface area contributed by atoms with Gasteiger partial charge in [-0.05, 0) is 39.7 Å². The third kappa shape index (κ3) is 3.31. The van der Waals surface area contributed by atoms with Crippen molar-refractivity contribution in [3.63, 3.8) is 0 Å². The molecule has 9 heteroatoms. The minimum Gasteiger partial charge on any atom is -0.496 e. The molecule has 0 aliphatic carbocycles. The van der Waals surface area contributed by atoms with E-state index in [2.05, 4.69) is 20.9 Å². The van der Waals surface area contributed by atoms with Gasteiger partial charge in [-0.2, -0.15) is 0 Å². The highest BCUT2D eigenvalue weighted by Gasteiger charge is 2.18. The Morgan fingerprint density at radius 3 is 2.59 bits per heavy atom. The van der Waals surface area contributed by atoms with Gasteiger partial charge < -0.3 is 9.72 Å². The van der Waals surface area contributed by atoms with Gasteiger partial charge in [0.05, 0.1) is 16.5 Å². The molecule has 0 aliphatic heterocycles. The SMILES string of the molecule is COc1ccc(/C=C/c2[nH]c(=O)[nH]c(=O)c2[N+](=O)[O-])cc1Br. The number of nitro groups is 1. The summed E-state index contributed by atoms with van der Waals surface area (Å²) in [6.45, 7) is 0. The zero-order valence-electron chi connectivity index (χ0n) is 11.3. The summed E-state index contributed by atoms with van der Waals surface area (Å²) in [6.07, 6.45) is 2.82. The number of nitrogens with zero attached hydrogens (tertiary/aromatic N) is 1. The monoisotopic (exact) mass is 367 g/mol. The molecule has 114 valence electrons. The number of hydrogen-bond donors (Lipinski definition) is 2. The van der Waals surface area contributed by atoms with Crippen LogP contribution in [0.25, 0.3) is 12.2 Å². The molecule has 0 aliphatic rings. The van der Waals surface area contributed by atoms with Crippen LogP contribution in [-0.4, -0.2) is 22.0 Å². The lowest BCUT2D eigenvalue weighted by Crippen LogP contribution is -2.25. The van der Waals surface area contributed by atoms with Crippen molar-refractivity contribution >= 4 is 33.8 Å². The summed E-state index contributed by atoms with van der Waals surface area (Å²) in [6, 6.07) is 5.16. The average Bonchev–Trinajstić information content (AvgIpc) is 2.44. The maximum atomic E-state index is 11.5. The van der Waals surface area contributed by atoms with Crippen LogP contribution in [0.2, 0.25) is 0 Å². The van der Waals surface area contributed by atoms with E-state index in [0.717, 1.165) is 0 Å². The van der Waals surface area contributed by atoms with E-state index >= 15 is 0 Å². The van der Waals surface area contributed by atoms with Gasteiger partial charge in [-0.3, -0.25) is 19.9 Å². The van der Waals surface area contributed by atoms with Crippen LogP contribution in [0.4, 0.5) is 5.69 Å². The van der Waals surface area contributed by atoms with E-state index in [-0.39, 0.29) is 5.69 Å². The lowest BCUT2D eigenvalue weighted by Gasteiger charge is -2.03. The highest BCUT2D eigenvalue weighted by atomic mass is 79.9. The largest absolute Gasteiger partial charge is 0.496 e. The standard InChI is InChI=1S/C13H10BrN3O5/c1-22-10-5-3-7(6-8(10)14)2-4-9-11(17(20)21)12(18)16-13(19)15-9/h2-6H,1H3,(H2,15,16,18,19)/b4-2+. The summed E-state index contributed by atoms with van der Waals surface area (Å²) in [5.74, 6) is 0.632. The second-order valence-corrected chi connectivity index (χ2v) is 5.01. The van der Waals surface area contributed by atoms with E-state index in [1.54, 1.807) is 18.2 Å². The first-order chi connectivity index (χ1) is 10.4. The first kappa shape index (κ1) is 15.7.